The first-order valence-electron chi connectivity index (χ1n) is 40.8. The van der Waals surface area contributed by atoms with Gasteiger partial charge in [-0.25, -0.2) is 9.13 Å². The molecule has 0 aromatic rings. The Morgan fingerprint density at radius 2 is 0.500 bits per heavy atom. The third-order valence-electron chi connectivity index (χ3n) is 16.9. The molecule has 0 spiro atoms. The highest BCUT2D eigenvalue weighted by Crippen LogP contribution is 2.45. The van der Waals surface area contributed by atoms with Gasteiger partial charge in [-0.3, -0.25) is 37.3 Å². The average molecular weight is 1500 g/mol. The number of hydrogen-bond acceptors (Lipinski definition) is 15. The number of phosphoric acid groups is 2. The molecule has 0 bridgehead atoms. The maximum atomic E-state index is 13.1. The van der Waals surface area contributed by atoms with Crippen molar-refractivity contribution in [1.29, 1.82) is 0 Å². The van der Waals surface area contributed by atoms with E-state index in [0.29, 0.717) is 25.7 Å². The lowest BCUT2D eigenvalue weighted by molar-refractivity contribution is -0.161. The number of aliphatic hydroxyl groups excluding tert-OH is 1. The lowest BCUT2D eigenvalue weighted by Crippen LogP contribution is -2.30. The van der Waals surface area contributed by atoms with Crippen molar-refractivity contribution in [3.63, 3.8) is 0 Å². The van der Waals surface area contributed by atoms with Gasteiger partial charge in [0.25, 0.3) is 0 Å². The molecule has 0 amide bonds. The van der Waals surface area contributed by atoms with Crippen LogP contribution in [0.2, 0.25) is 0 Å². The molecule has 5 atom stereocenters. The zero-order chi connectivity index (χ0) is 76.0. The van der Waals surface area contributed by atoms with Gasteiger partial charge in [0, 0.05) is 25.7 Å². The normalized spacial score (nSPS) is 14.5. The van der Waals surface area contributed by atoms with E-state index in [9.17, 15) is 43.2 Å². The molecule has 0 rings (SSSR count). The van der Waals surface area contributed by atoms with Crippen molar-refractivity contribution >= 4 is 39.5 Å². The number of aliphatic hydroxyl groups is 1. The molecule has 0 aromatic carbocycles. The van der Waals surface area contributed by atoms with Gasteiger partial charge in [0.1, 0.15) is 19.3 Å². The van der Waals surface area contributed by atoms with E-state index in [4.69, 9.17) is 37.0 Å². The zero-order valence-electron chi connectivity index (χ0n) is 65.4. The number of carbonyl (C=O) groups excluding carboxylic acids is 4. The summed E-state index contributed by atoms with van der Waals surface area (Å²) in [7, 11) is -9.98. The van der Waals surface area contributed by atoms with Crippen LogP contribution in [0.1, 0.15) is 336 Å². The largest absolute Gasteiger partial charge is 0.472 e. The predicted molar refractivity (Wildman–Crippen MR) is 427 cm³/mol. The molecule has 0 saturated heterocycles. The number of unbranched alkanes of at least 4 members (excludes halogenated alkanes) is 30. The van der Waals surface area contributed by atoms with E-state index in [2.05, 4.69) is 149 Å². The average Bonchev–Trinajstić information content (AvgIpc) is 0.917. The fourth-order valence-electron chi connectivity index (χ4n) is 10.7. The number of allylic oxidation sites excluding steroid dienone is 20. The molecule has 598 valence electrons. The van der Waals surface area contributed by atoms with Crippen LogP contribution in [0, 0.1) is 0 Å². The Labute approximate surface area is 632 Å². The fourth-order valence-corrected chi connectivity index (χ4v) is 12.2. The third kappa shape index (κ3) is 75.7. The zero-order valence-corrected chi connectivity index (χ0v) is 67.2. The molecule has 0 aromatic heterocycles. The third-order valence-corrected chi connectivity index (χ3v) is 18.8. The lowest BCUT2D eigenvalue weighted by atomic mass is 10.1. The molecule has 0 radical (unpaired) electrons. The van der Waals surface area contributed by atoms with Crippen LogP contribution in [-0.2, 0) is 65.4 Å². The summed E-state index contributed by atoms with van der Waals surface area (Å²) in [6, 6.07) is 0. The molecule has 5 unspecified atom stereocenters. The van der Waals surface area contributed by atoms with Crippen LogP contribution in [-0.4, -0.2) is 96.7 Å². The molecule has 104 heavy (non-hydrogen) atoms. The van der Waals surface area contributed by atoms with Crippen molar-refractivity contribution in [2.75, 3.05) is 39.6 Å². The number of hydrogen-bond donors (Lipinski definition) is 3. The number of phosphoric ester groups is 2. The maximum Gasteiger partial charge on any atom is 0.472 e. The van der Waals surface area contributed by atoms with Gasteiger partial charge < -0.3 is 33.8 Å². The number of rotatable bonds is 76. The SMILES string of the molecule is CC/C=C\C/C=C\C/C=C\C/C=C\CCCCCCC(=O)OC(COC(=O)CCCCCCCC/C=C\C/C=C\C/C=C\CCCCC)COP(=O)(O)OCC(O)COP(=O)(O)OCC(COC(=O)CCCCCCC/C=C\C/C=C\CCCCC)OC(=O)CCCCCCC/C=C\CCCCCC. The lowest BCUT2D eigenvalue weighted by Gasteiger charge is -2.21. The van der Waals surface area contributed by atoms with E-state index in [1.807, 2.05) is 0 Å². The molecule has 0 heterocycles. The minimum atomic E-state index is -4.99. The van der Waals surface area contributed by atoms with Gasteiger partial charge in [-0.15, -0.1) is 0 Å². The van der Waals surface area contributed by atoms with Gasteiger partial charge in [0.15, 0.2) is 12.2 Å². The molecule has 0 saturated carbocycles. The molecular weight excluding hydrogens is 1350 g/mol. The van der Waals surface area contributed by atoms with Crippen LogP contribution in [0.4, 0.5) is 0 Å². The summed E-state index contributed by atoms with van der Waals surface area (Å²) < 4.78 is 68.6. The van der Waals surface area contributed by atoms with E-state index in [1.165, 1.54) is 64.2 Å². The summed E-state index contributed by atoms with van der Waals surface area (Å²) in [5, 5.41) is 10.6. The Bertz CT molecular complexity index is 2440. The summed E-state index contributed by atoms with van der Waals surface area (Å²) in [5.41, 5.74) is 0. The van der Waals surface area contributed by atoms with Crippen molar-refractivity contribution in [3.05, 3.63) is 122 Å². The van der Waals surface area contributed by atoms with Crippen LogP contribution in [0.5, 0.6) is 0 Å². The Hall–Kier alpha value is -4.54. The van der Waals surface area contributed by atoms with E-state index >= 15 is 0 Å². The number of ether oxygens (including phenoxy) is 4. The molecule has 0 aliphatic heterocycles. The van der Waals surface area contributed by atoms with Crippen molar-refractivity contribution in [2.24, 2.45) is 0 Å². The summed E-state index contributed by atoms with van der Waals surface area (Å²) >= 11 is 0. The topological polar surface area (TPSA) is 237 Å². The highest BCUT2D eigenvalue weighted by atomic mass is 31.2. The van der Waals surface area contributed by atoms with Crippen LogP contribution < -0.4 is 0 Å². The summed E-state index contributed by atoms with van der Waals surface area (Å²) in [5.74, 6) is -2.23. The van der Waals surface area contributed by atoms with Crippen LogP contribution in [0.25, 0.3) is 0 Å². The van der Waals surface area contributed by atoms with Crippen molar-refractivity contribution in [3.8, 4) is 0 Å². The van der Waals surface area contributed by atoms with Gasteiger partial charge in [0.2, 0.25) is 0 Å². The minimum absolute atomic E-state index is 0.0614. The van der Waals surface area contributed by atoms with Crippen LogP contribution in [0.15, 0.2) is 122 Å². The minimum Gasteiger partial charge on any atom is -0.462 e. The molecule has 0 aliphatic rings. The van der Waals surface area contributed by atoms with Crippen molar-refractivity contribution in [1.82, 2.24) is 0 Å². The van der Waals surface area contributed by atoms with E-state index < -0.39 is 97.5 Å². The molecular formula is C85H146O17P2. The second-order valence-corrected chi connectivity index (χ2v) is 29.9. The predicted octanol–water partition coefficient (Wildman–Crippen LogP) is 23.9. The first kappa shape index (κ1) is 99.5. The first-order valence-corrected chi connectivity index (χ1v) is 43.8. The van der Waals surface area contributed by atoms with Gasteiger partial charge in [-0.1, -0.05) is 271 Å². The van der Waals surface area contributed by atoms with E-state index in [-0.39, 0.29) is 25.7 Å². The summed E-state index contributed by atoms with van der Waals surface area (Å²) in [6.45, 7) is 4.65. The smallest absolute Gasteiger partial charge is 0.462 e. The second-order valence-electron chi connectivity index (χ2n) is 27.0. The fraction of sp³-hybridized carbons (Fsp3) is 0.718. The first-order chi connectivity index (χ1) is 50.7. The van der Waals surface area contributed by atoms with Crippen molar-refractivity contribution < 1.29 is 80.2 Å². The highest BCUT2D eigenvalue weighted by Gasteiger charge is 2.30. The Morgan fingerprint density at radius 3 is 0.798 bits per heavy atom. The van der Waals surface area contributed by atoms with Gasteiger partial charge in [-0.05, 0) is 161 Å². The van der Waals surface area contributed by atoms with Crippen LogP contribution >= 0.6 is 15.6 Å². The Morgan fingerprint density at radius 1 is 0.279 bits per heavy atom. The van der Waals surface area contributed by atoms with Crippen molar-refractivity contribution in [2.45, 2.75) is 354 Å². The van der Waals surface area contributed by atoms with Gasteiger partial charge in [0.05, 0.1) is 26.4 Å². The molecule has 0 aliphatic carbocycles. The molecule has 17 nitrogen and oxygen atoms in total. The second kappa shape index (κ2) is 76.6. The van der Waals surface area contributed by atoms with Crippen LogP contribution in [0.3, 0.4) is 0 Å². The Kier molecular flexibility index (Phi) is 73.3. The molecule has 19 heteroatoms. The Balaban J connectivity index is 5.40. The summed E-state index contributed by atoms with van der Waals surface area (Å²) in [6.07, 6.45) is 84.5. The highest BCUT2D eigenvalue weighted by molar-refractivity contribution is 7.47. The monoisotopic (exact) mass is 1500 g/mol. The molecule has 0 fully saturated rings. The molecule has 3 N–H and O–H groups in total. The number of esters is 4. The summed E-state index contributed by atoms with van der Waals surface area (Å²) in [4.78, 5) is 73.1. The van der Waals surface area contributed by atoms with E-state index in [1.54, 1.807) is 0 Å². The van der Waals surface area contributed by atoms with E-state index in [0.717, 1.165) is 193 Å². The van der Waals surface area contributed by atoms with Gasteiger partial charge >= 0.3 is 39.5 Å². The quantitative estimate of drug-likeness (QED) is 0.0169. The van der Waals surface area contributed by atoms with Gasteiger partial charge in [-0.2, -0.15) is 0 Å². The standard InChI is InChI=1S/C85H146O17P2/c1-5-9-13-17-21-25-29-33-36-38-39-41-43-47-50-54-58-62-66-70-83(88)96-76-81(102-85(90)72-68-64-60-56-52-48-44-40-37-34-30-26-22-18-14-10-6-2)78-100-104(93,94)98-74-79(86)73-97-103(91,92)99-77-80(101-84(89)71-67-63-59-55-51-45-32-28-24-20-16-12-8-4)75-95-82(87)69-65-61-57-53-49-46-42-35-31-27-23-19-15-11-7-3/h10,14,21-23,25-28,32-37,39,41-42,44,48,79-81,86H,5-9,11-13,15-20,24,29-31,38,40,43,45-47,49-78H2,1-4H3,(H,91,92)(H,93,94)/b14-10-,25-21-,26-22-,27-23-,32-28-,36-33-,37-34-,41-39-,42-35-,48-44-. The maximum absolute atomic E-state index is 13.1. The number of carbonyl (C=O) groups is 4.